The number of furan rings is 1. The first-order valence-corrected chi connectivity index (χ1v) is 9.32. The maximum absolute atomic E-state index is 12.0. The lowest BCUT2D eigenvalue weighted by molar-refractivity contribution is 0.0526. The molecule has 0 aliphatic carbocycles. The van der Waals surface area contributed by atoms with Crippen LogP contribution in [-0.2, 0) is 4.74 Å². The topological polar surface area (TPSA) is 80.9 Å². The van der Waals surface area contributed by atoms with E-state index in [1.807, 2.05) is 6.07 Å². The highest BCUT2D eigenvalue weighted by Crippen LogP contribution is 2.22. The number of ether oxygens (including phenoxy) is 1. The second-order valence-corrected chi connectivity index (χ2v) is 6.62. The second-order valence-electron chi connectivity index (χ2n) is 5.71. The van der Waals surface area contributed by atoms with E-state index in [1.165, 1.54) is 6.21 Å². The predicted octanol–water partition coefficient (Wildman–Crippen LogP) is 4.65. The number of amides is 1. The molecule has 0 saturated carbocycles. The smallest absolute Gasteiger partial charge is 0.338 e. The van der Waals surface area contributed by atoms with Gasteiger partial charge < -0.3 is 9.15 Å². The van der Waals surface area contributed by atoms with Crippen LogP contribution >= 0.6 is 15.9 Å². The fourth-order valence-corrected chi connectivity index (χ4v) is 2.81. The fraction of sp³-hybridized carbons (Fsp3) is 0.0952. The molecule has 1 N–H and O–H groups in total. The number of halogens is 1. The van der Waals surface area contributed by atoms with Gasteiger partial charge in [0.25, 0.3) is 5.91 Å². The van der Waals surface area contributed by atoms with Crippen molar-refractivity contribution in [2.45, 2.75) is 6.92 Å². The second kappa shape index (κ2) is 9.14. The number of hydrazone groups is 1. The molecule has 1 aromatic heterocycles. The zero-order valence-corrected chi connectivity index (χ0v) is 16.6. The normalized spacial score (nSPS) is 10.8. The van der Waals surface area contributed by atoms with Gasteiger partial charge >= 0.3 is 5.97 Å². The van der Waals surface area contributed by atoms with Crippen LogP contribution < -0.4 is 5.43 Å². The molecule has 3 aromatic rings. The van der Waals surface area contributed by atoms with Crippen LogP contribution in [0.5, 0.6) is 0 Å². The zero-order valence-electron chi connectivity index (χ0n) is 15.0. The molecular formula is C21H17BrN2O4. The quantitative estimate of drug-likeness (QED) is 0.343. The van der Waals surface area contributed by atoms with E-state index in [0.717, 1.165) is 10.0 Å². The van der Waals surface area contributed by atoms with E-state index in [1.54, 1.807) is 61.5 Å². The average Bonchev–Trinajstić information content (AvgIpc) is 3.17. The summed E-state index contributed by atoms with van der Waals surface area (Å²) in [6.07, 6.45) is 1.42. The van der Waals surface area contributed by atoms with E-state index >= 15 is 0 Å². The number of rotatable bonds is 6. The Hall–Kier alpha value is -3.19. The third-order valence-electron chi connectivity index (χ3n) is 3.75. The number of nitrogens with zero attached hydrogens (tertiary/aromatic N) is 1. The van der Waals surface area contributed by atoms with Crippen molar-refractivity contribution in [3.63, 3.8) is 0 Å². The Bertz CT molecular complexity index is 1010. The van der Waals surface area contributed by atoms with Crippen molar-refractivity contribution >= 4 is 34.0 Å². The maximum Gasteiger partial charge on any atom is 0.338 e. The first-order chi connectivity index (χ1) is 13.6. The Labute approximate surface area is 170 Å². The van der Waals surface area contributed by atoms with Crippen LogP contribution in [0.25, 0.3) is 11.3 Å². The Balaban J connectivity index is 1.63. The molecule has 28 heavy (non-hydrogen) atoms. The van der Waals surface area contributed by atoms with Crippen LogP contribution in [0.1, 0.15) is 33.4 Å². The largest absolute Gasteiger partial charge is 0.462 e. The average molecular weight is 441 g/mol. The van der Waals surface area contributed by atoms with E-state index in [9.17, 15) is 9.59 Å². The maximum atomic E-state index is 12.0. The minimum absolute atomic E-state index is 0.320. The van der Waals surface area contributed by atoms with Gasteiger partial charge in [-0.05, 0) is 49.4 Å². The van der Waals surface area contributed by atoms with Gasteiger partial charge in [-0.15, -0.1) is 0 Å². The lowest BCUT2D eigenvalue weighted by atomic mass is 10.1. The van der Waals surface area contributed by atoms with Crippen molar-refractivity contribution in [2.75, 3.05) is 6.61 Å². The third-order valence-corrected chi connectivity index (χ3v) is 4.25. The number of nitrogens with one attached hydrogen (secondary N) is 1. The van der Waals surface area contributed by atoms with Crippen molar-refractivity contribution in [2.24, 2.45) is 5.10 Å². The van der Waals surface area contributed by atoms with Gasteiger partial charge in [0.15, 0.2) is 0 Å². The van der Waals surface area contributed by atoms with Gasteiger partial charge in [0.05, 0.1) is 18.4 Å². The Morgan fingerprint density at radius 2 is 1.89 bits per heavy atom. The Morgan fingerprint density at radius 1 is 1.11 bits per heavy atom. The van der Waals surface area contributed by atoms with E-state index in [2.05, 4.69) is 26.5 Å². The van der Waals surface area contributed by atoms with E-state index in [-0.39, 0.29) is 11.9 Å². The van der Waals surface area contributed by atoms with Crippen LogP contribution in [0.3, 0.4) is 0 Å². The first kappa shape index (κ1) is 19.6. The number of esters is 1. The molecular weight excluding hydrogens is 424 g/mol. The van der Waals surface area contributed by atoms with Crippen LogP contribution in [0.4, 0.5) is 0 Å². The van der Waals surface area contributed by atoms with Crippen LogP contribution in [0.2, 0.25) is 0 Å². The van der Waals surface area contributed by atoms with Crippen LogP contribution in [0.15, 0.2) is 74.7 Å². The standard InChI is InChI=1S/C21H17BrN2O4/c1-2-27-21(26)15-8-6-14(7-9-15)19-11-10-18(28-19)13-23-24-20(25)16-4-3-5-17(22)12-16/h3-13H,2H2,1H3,(H,24,25)/b23-13+. The van der Waals surface area contributed by atoms with Crippen molar-refractivity contribution in [3.8, 4) is 11.3 Å². The van der Waals surface area contributed by atoms with Crippen molar-refractivity contribution in [1.82, 2.24) is 5.43 Å². The highest BCUT2D eigenvalue weighted by atomic mass is 79.9. The minimum atomic E-state index is -0.359. The molecule has 6 nitrogen and oxygen atoms in total. The SMILES string of the molecule is CCOC(=O)c1ccc(-c2ccc(/C=N/NC(=O)c3cccc(Br)c3)o2)cc1. The summed E-state index contributed by atoms with van der Waals surface area (Å²) in [5.74, 6) is 0.426. The molecule has 2 aromatic carbocycles. The number of carbonyl (C=O) groups excluding carboxylic acids is 2. The molecule has 0 radical (unpaired) electrons. The highest BCUT2D eigenvalue weighted by Gasteiger charge is 2.09. The molecule has 0 spiro atoms. The van der Waals surface area contributed by atoms with Crippen LogP contribution in [0, 0.1) is 0 Å². The molecule has 0 bridgehead atoms. The van der Waals surface area contributed by atoms with E-state index in [0.29, 0.717) is 29.3 Å². The summed E-state index contributed by atoms with van der Waals surface area (Å²) < 4.78 is 11.5. The summed E-state index contributed by atoms with van der Waals surface area (Å²) in [7, 11) is 0. The summed E-state index contributed by atoms with van der Waals surface area (Å²) in [6, 6.07) is 17.5. The Morgan fingerprint density at radius 3 is 2.61 bits per heavy atom. The van der Waals surface area contributed by atoms with Crippen molar-refractivity contribution in [3.05, 3.63) is 82.0 Å². The first-order valence-electron chi connectivity index (χ1n) is 8.53. The highest BCUT2D eigenvalue weighted by molar-refractivity contribution is 9.10. The van der Waals surface area contributed by atoms with E-state index < -0.39 is 0 Å². The number of carbonyl (C=O) groups is 2. The molecule has 0 saturated heterocycles. The molecule has 0 unspecified atom stereocenters. The molecule has 1 heterocycles. The lowest BCUT2D eigenvalue weighted by Gasteiger charge is -2.02. The van der Waals surface area contributed by atoms with Gasteiger partial charge in [-0.25, -0.2) is 10.2 Å². The molecule has 0 aliphatic rings. The van der Waals surface area contributed by atoms with Gasteiger partial charge in [0.1, 0.15) is 11.5 Å². The predicted molar refractivity (Wildman–Crippen MR) is 109 cm³/mol. The zero-order chi connectivity index (χ0) is 19.9. The summed E-state index contributed by atoms with van der Waals surface area (Å²) in [5.41, 5.74) is 4.24. The Kier molecular flexibility index (Phi) is 6.39. The molecule has 3 rings (SSSR count). The molecule has 142 valence electrons. The number of benzene rings is 2. The fourth-order valence-electron chi connectivity index (χ4n) is 2.41. The number of hydrogen-bond acceptors (Lipinski definition) is 5. The summed E-state index contributed by atoms with van der Waals surface area (Å²) in [5, 5.41) is 3.92. The van der Waals surface area contributed by atoms with Crippen molar-refractivity contribution < 1.29 is 18.7 Å². The van der Waals surface area contributed by atoms with Gasteiger partial charge in [0.2, 0.25) is 0 Å². The van der Waals surface area contributed by atoms with Gasteiger partial charge in [0, 0.05) is 15.6 Å². The summed E-state index contributed by atoms with van der Waals surface area (Å²) >= 11 is 3.32. The third kappa shape index (κ3) is 4.95. The molecule has 1 amide bonds. The van der Waals surface area contributed by atoms with E-state index in [4.69, 9.17) is 9.15 Å². The minimum Gasteiger partial charge on any atom is -0.462 e. The van der Waals surface area contributed by atoms with Gasteiger partial charge in [-0.2, -0.15) is 5.10 Å². The van der Waals surface area contributed by atoms with Gasteiger partial charge in [-0.1, -0.05) is 34.1 Å². The van der Waals surface area contributed by atoms with Crippen LogP contribution in [-0.4, -0.2) is 24.7 Å². The molecule has 0 atom stereocenters. The lowest BCUT2D eigenvalue weighted by Crippen LogP contribution is -2.17. The van der Waals surface area contributed by atoms with Gasteiger partial charge in [-0.3, -0.25) is 4.79 Å². The molecule has 0 aliphatic heterocycles. The number of hydrogen-bond donors (Lipinski definition) is 1. The van der Waals surface area contributed by atoms with Crippen molar-refractivity contribution in [1.29, 1.82) is 0 Å². The summed E-state index contributed by atoms with van der Waals surface area (Å²) in [4.78, 5) is 23.7. The monoisotopic (exact) mass is 440 g/mol. The summed E-state index contributed by atoms with van der Waals surface area (Å²) in [6.45, 7) is 2.10. The molecule has 7 heteroatoms. The molecule has 0 fully saturated rings.